The van der Waals surface area contributed by atoms with Crippen LogP contribution in [0.1, 0.15) is 15.9 Å². The molecule has 0 N–H and O–H groups in total. The minimum absolute atomic E-state index is 0.243. The fourth-order valence-corrected chi connectivity index (χ4v) is 3.40. The van der Waals surface area contributed by atoms with Crippen molar-refractivity contribution in [1.82, 2.24) is 4.90 Å². The fraction of sp³-hybridized carbons (Fsp3) is 0.176. The minimum atomic E-state index is -0.424. The molecule has 0 bridgehead atoms. The molecule has 118 valence electrons. The molecule has 23 heavy (non-hydrogen) atoms. The molecule has 0 saturated carbocycles. The van der Waals surface area contributed by atoms with Crippen LogP contribution in [0.2, 0.25) is 5.02 Å². The van der Waals surface area contributed by atoms with Gasteiger partial charge >= 0.3 is 0 Å². The molecule has 1 aliphatic heterocycles. The number of hydrogen-bond acceptors (Lipinski definition) is 3. The molecule has 6 heteroatoms. The number of amidine groups is 1. The minimum Gasteiger partial charge on any atom is -0.286 e. The van der Waals surface area contributed by atoms with E-state index >= 15 is 0 Å². The fourth-order valence-electron chi connectivity index (χ4n) is 2.28. The highest BCUT2D eigenvalue weighted by molar-refractivity contribution is 8.14. The molecule has 0 unspecified atom stereocenters. The predicted molar refractivity (Wildman–Crippen MR) is 93.2 cm³/mol. The summed E-state index contributed by atoms with van der Waals surface area (Å²) in [6.07, 6.45) is 0. The Labute approximate surface area is 143 Å². The first kappa shape index (κ1) is 16.0. The van der Waals surface area contributed by atoms with Gasteiger partial charge in [0.2, 0.25) is 0 Å². The normalized spacial score (nSPS) is 16.1. The first-order chi connectivity index (χ1) is 11.1. The maximum absolute atomic E-state index is 13.3. The second kappa shape index (κ2) is 6.72. The standard InChI is InChI=1S/C17H14ClFN2OS/c1-11-14(18)6-3-7-15(11)20-17-21(8-9-23-17)16(22)12-4-2-5-13(19)10-12/h2-7,10H,8-9H2,1H3. The Hall–Kier alpha value is -1.85. The number of benzene rings is 2. The highest BCUT2D eigenvalue weighted by Gasteiger charge is 2.27. The highest BCUT2D eigenvalue weighted by atomic mass is 35.5. The van der Waals surface area contributed by atoms with Gasteiger partial charge in [-0.15, -0.1) is 0 Å². The Balaban J connectivity index is 1.92. The molecule has 0 spiro atoms. The van der Waals surface area contributed by atoms with Gasteiger partial charge in [0.1, 0.15) is 5.82 Å². The summed E-state index contributed by atoms with van der Waals surface area (Å²) in [6.45, 7) is 2.44. The number of hydrogen-bond donors (Lipinski definition) is 0. The SMILES string of the molecule is Cc1c(Cl)cccc1N=C1SCCN1C(=O)c1cccc(F)c1. The molecule has 3 rings (SSSR count). The van der Waals surface area contributed by atoms with Crippen molar-refractivity contribution in [1.29, 1.82) is 0 Å². The Kier molecular flexibility index (Phi) is 4.68. The molecule has 1 heterocycles. The van der Waals surface area contributed by atoms with Crippen molar-refractivity contribution in [3.8, 4) is 0 Å². The molecule has 2 aromatic carbocycles. The van der Waals surface area contributed by atoms with Gasteiger partial charge < -0.3 is 0 Å². The van der Waals surface area contributed by atoms with Gasteiger partial charge in [-0.25, -0.2) is 9.38 Å². The zero-order chi connectivity index (χ0) is 16.4. The summed E-state index contributed by atoms with van der Waals surface area (Å²) < 4.78 is 13.3. The summed E-state index contributed by atoms with van der Waals surface area (Å²) in [5.74, 6) is 0.0965. The molecule has 1 fully saturated rings. The van der Waals surface area contributed by atoms with Crippen LogP contribution in [0.5, 0.6) is 0 Å². The first-order valence-corrected chi connectivity index (χ1v) is 8.46. The number of carbonyl (C=O) groups is 1. The van der Waals surface area contributed by atoms with Gasteiger partial charge in [0.05, 0.1) is 5.69 Å². The lowest BCUT2D eigenvalue weighted by Crippen LogP contribution is -2.31. The second-order valence-electron chi connectivity index (χ2n) is 5.09. The van der Waals surface area contributed by atoms with Gasteiger partial charge in [0, 0.05) is 22.9 Å². The summed E-state index contributed by atoms with van der Waals surface area (Å²) in [5, 5.41) is 1.25. The molecule has 0 radical (unpaired) electrons. The lowest BCUT2D eigenvalue weighted by Gasteiger charge is -2.16. The zero-order valence-electron chi connectivity index (χ0n) is 12.4. The zero-order valence-corrected chi connectivity index (χ0v) is 14.0. The van der Waals surface area contributed by atoms with E-state index in [0.717, 1.165) is 17.0 Å². The molecule has 2 aromatic rings. The molecule has 0 atom stereocenters. The average molecular weight is 349 g/mol. The van der Waals surface area contributed by atoms with E-state index in [4.69, 9.17) is 11.6 Å². The maximum atomic E-state index is 13.3. The molecule has 0 aliphatic carbocycles. The lowest BCUT2D eigenvalue weighted by atomic mass is 10.2. The third kappa shape index (κ3) is 3.41. The average Bonchev–Trinajstić information content (AvgIpc) is 2.99. The van der Waals surface area contributed by atoms with E-state index in [-0.39, 0.29) is 5.91 Å². The van der Waals surface area contributed by atoms with Crippen molar-refractivity contribution in [3.05, 3.63) is 64.4 Å². The van der Waals surface area contributed by atoms with Gasteiger partial charge in [0.25, 0.3) is 5.91 Å². The Morgan fingerprint density at radius 1 is 1.30 bits per heavy atom. The Morgan fingerprint density at radius 3 is 2.87 bits per heavy atom. The van der Waals surface area contributed by atoms with Crippen LogP contribution in [0.4, 0.5) is 10.1 Å². The second-order valence-corrected chi connectivity index (χ2v) is 6.56. The van der Waals surface area contributed by atoms with E-state index in [1.165, 1.54) is 30.0 Å². The largest absolute Gasteiger partial charge is 0.286 e. The summed E-state index contributed by atoms with van der Waals surface area (Å²) >= 11 is 7.62. The Morgan fingerprint density at radius 2 is 2.09 bits per heavy atom. The number of amides is 1. The van der Waals surface area contributed by atoms with Gasteiger partial charge in [-0.1, -0.05) is 35.5 Å². The van der Waals surface area contributed by atoms with Crippen LogP contribution in [0.3, 0.4) is 0 Å². The van der Waals surface area contributed by atoms with Gasteiger partial charge in [-0.05, 0) is 42.8 Å². The quantitative estimate of drug-likeness (QED) is 0.790. The third-order valence-electron chi connectivity index (χ3n) is 3.55. The van der Waals surface area contributed by atoms with Crippen molar-refractivity contribution in [2.75, 3.05) is 12.3 Å². The van der Waals surface area contributed by atoms with Crippen molar-refractivity contribution in [3.63, 3.8) is 0 Å². The number of aliphatic imine (C=N–C) groups is 1. The summed E-state index contributed by atoms with van der Waals surface area (Å²) in [6, 6.07) is 11.2. The van der Waals surface area contributed by atoms with Crippen LogP contribution in [-0.4, -0.2) is 28.3 Å². The molecule has 0 aromatic heterocycles. The van der Waals surface area contributed by atoms with E-state index in [1.807, 2.05) is 19.1 Å². The van der Waals surface area contributed by atoms with Crippen LogP contribution >= 0.6 is 23.4 Å². The number of nitrogens with zero attached hydrogens (tertiary/aromatic N) is 2. The van der Waals surface area contributed by atoms with E-state index in [2.05, 4.69) is 4.99 Å². The lowest BCUT2D eigenvalue weighted by molar-refractivity contribution is 0.0859. The van der Waals surface area contributed by atoms with Crippen LogP contribution < -0.4 is 0 Å². The van der Waals surface area contributed by atoms with E-state index < -0.39 is 5.82 Å². The molecule has 3 nitrogen and oxygen atoms in total. The van der Waals surface area contributed by atoms with Crippen LogP contribution in [-0.2, 0) is 0 Å². The van der Waals surface area contributed by atoms with Crippen LogP contribution in [0.15, 0.2) is 47.5 Å². The van der Waals surface area contributed by atoms with Crippen LogP contribution in [0, 0.1) is 12.7 Å². The summed E-state index contributed by atoms with van der Waals surface area (Å²) in [5.41, 5.74) is 1.93. The highest BCUT2D eigenvalue weighted by Crippen LogP contribution is 2.29. The van der Waals surface area contributed by atoms with E-state index in [0.29, 0.717) is 22.3 Å². The van der Waals surface area contributed by atoms with Crippen molar-refractivity contribution in [2.24, 2.45) is 4.99 Å². The van der Waals surface area contributed by atoms with Gasteiger partial charge in [-0.3, -0.25) is 9.69 Å². The summed E-state index contributed by atoms with van der Waals surface area (Å²) in [7, 11) is 0. The number of carbonyl (C=O) groups excluding carboxylic acids is 1. The predicted octanol–water partition coefficient (Wildman–Crippen LogP) is 4.66. The maximum Gasteiger partial charge on any atom is 0.259 e. The topological polar surface area (TPSA) is 32.7 Å². The number of halogens is 2. The van der Waals surface area contributed by atoms with Crippen molar-refractivity contribution in [2.45, 2.75) is 6.92 Å². The molecule has 1 aliphatic rings. The molecule has 1 saturated heterocycles. The smallest absolute Gasteiger partial charge is 0.259 e. The van der Waals surface area contributed by atoms with Gasteiger partial charge in [-0.2, -0.15) is 0 Å². The van der Waals surface area contributed by atoms with Crippen molar-refractivity contribution < 1.29 is 9.18 Å². The number of thioether (sulfide) groups is 1. The molecule has 1 amide bonds. The summed E-state index contributed by atoms with van der Waals surface area (Å²) in [4.78, 5) is 18.7. The van der Waals surface area contributed by atoms with Crippen LogP contribution in [0.25, 0.3) is 0 Å². The Bertz CT molecular complexity index is 794. The third-order valence-corrected chi connectivity index (χ3v) is 4.91. The number of rotatable bonds is 2. The van der Waals surface area contributed by atoms with E-state index in [9.17, 15) is 9.18 Å². The van der Waals surface area contributed by atoms with Gasteiger partial charge in [0.15, 0.2) is 5.17 Å². The monoisotopic (exact) mass is 348 g/mol. The van der Waals surface area contributed by atoms with E-state index in [1.54, 1.807) is 17.0 Å². The molecular formula is C17H14ClFN2OS. The molecular weight excluding hydrogens is 335 g/mol. The van der Waals surface area contributed by atoms with Crippen molar-refractivity contribution >= 4 is 40.1 Å². The first-order valence-electron chi connectivity index (χ1n) is 7.10.